The number of hydrogen-bond acceptors (Lipinski definition) is 2. The van der Waals surface area contributed by atoms with E-state index >= 15 is 0 Å². The van der Waals surface area contributed by atoms with Gasteiger partial charge in [-0.05, 0) is 29.7 Å². The van der Waals surface area contributed by atoms with E-state index in [-0.39, 0.29) is 5.91 Å². The second-order valence-electron chi connectivity index (χ2n) is 5.22. The van der Waals surface area contributed by atoms with Gasteiger partial charge in [-0.1, -0.05) is 49.4 Å². The Labute approximate surface area is 126 Å². The average Bonchev–Trinajstić information content (AvgIpc) is 2.50. The molecule has 0 aliphatic heterocycles. The molecule has 0 spiro atoms. The molecule has 0 bridgehead atoms. The van der Waals surface area contributed by atoms with Gasteiger partial charge in [-0.2, -0.15) is 0 Å². The minimum atomic E-state index is 0.167. The number of nitrogens with two attached hydrogens (primary N) is 1. The average molecular weight is 282 g/mol. The summed E-state index contributed by atoms with van der Waals surface area (Å²) in [5, 5.41) is 0. The number of carbonyl (C=O) groups excluding carboxylic acids is 1. The second kappa shape index (κ2) is 7.48. The second-order valence-corrected chi connectivity index (χ2v) is 5.22. The van der Waals surface area contributed by atoms with Gasteiger partial charge in [0.1, 0.15) is 0 Å². The van der Waals surface area contributed by atoms with Crippen LogP contribution in [0, 0.1) is 0 Å². The molecule has 0 radical (unpaired) electrons. The molecule has 3 nitrogen and oxygen atoms in total. The van der Waals surface area contributed by atoms with Gasteiger partial charge in [0.05, 0.1) is 6.42 Å². The van der Waals surface area contributed by atoms with Gasteiger partial charge >= 0.3 is 0 Å². The highest BCUT2D eigenvalue weighted by molar-refractivity contribution is 5.78. The predicted octanol–water partition coefficient (Wildman–Crippen LogP) is 3.25. The predicted molar refractivity (Wildman–Crippen MR) is 86.7 cm³/mol. The van der Waals surface area contributed by atoms with E-state index in [0.717, 1.165) is 29.8 Å². The first kappa shape index (κ1) is 15.1. The van der Waals surface area contributed by atoms with Crippen molar-refractivity contribution in [2.75, 3.05) is 12.3 Å². The van der Waals surface area contributed by atoms with Crippen LogP contribution in [0.15, 0.2) is 54.6 Å². The summed E-state index contributed by atoms with van der Waals surface area (Å²) in [6, 6.07) is 17.6. The van der Waals surface area contributed by atoms with Crippen LogP contribution in [-0.4, -0.2) is 17.4 Å². The third-order valence-electron chi connectivity index (χ3n) is 3.40. The van der Waals surface area contributed by atoms with E-state index < -0.39 is 0 Å². The Balaban J connectivity index is 2.03. The van der Waals surface area contributed by atoms with Gasteiger partial charge in [-0.25, -0.2) is 0 Å². The van der Waals surface area contributed by atoms with E-state index in [1.54, 1.807) is 0 Å². The lowest BCUT2D eigenvalue weighted by molar-refractivity contribution is -0.131. The van der Waals surface area contributed by atoms with Gasteiger partial charge in [0.2, 0.25) is 5.91 Å². The van der Waals surface area contributed by atoms with Crippen molar-refractivity contribution in [3.63, 3.8) is 0 Å². The number of benzene rings is 2. The third kappa shape index (κ3) is 4.63. The van der Waals surface area contributed by atoms with Gasteiger partial charge < -0.3 is 10.6 Å². The largest absolute Gasteiger partial charge is 0.399 e. The molecule has 0 aliphatic rings. The van der Waals surface area contributed by atoms with E-state index in [1.807, 2.05) is 59.5 Å². The molecule has 2 aromatic rings. The Hall–Kier alpha value is -2.29. The molecule has 1 amide bonds. The molecule has 3 heteroatoms. The molecule has 0 heterocycles. The summed E-state index contributed by atoms with van der Waals surface area (Å²) in [6.45, 7) is 3.50. The SMILES string of the molecule is CCCN(Cc1ccc(N)cc1)C(=O)Cc1ccccc1. The number of amides is 1. The Morgan fingerprint density at radius 3 is 2.29 bits per heavy atom. The topological polar surface area (TPSA) is 46.3 Å². The fourth-order valence-electron chi connectivity index (χ4n) is 2.29. The van der Waals surface area contributed by atoms with E-state index in [1.165, 1.54) is 0 Å². The van der Waals surface area contributed by atoms with Crippen LogP contribution in [0.3, 0.4) is 0 Å². The van der Waals surface area contributed by atoms with E-state index in [4.69, 9.17) is 5.73 Å². The van der Waals surface area contributed by atoms with Crippen LogP contribution in [-0.2, 0) is 17.8 Å². The molecule has 0 unspecified atom stereocenters. The summed E-state index contributed by atoms with van der Waals surface area (Å²) in [5.41, 5.74) is 8.61. The first-order chi connectivity index (χ1) is 10.2. The molecular formula is C18H22N2O. The van der Waals surface area contributed by atoms with Crippen LogP contribution >= 0.6 is 0 Å². The summed E-state index contributed by atoms with van der Waals surface area (Å²) >= 11 is 0. The molecule has 0 fully saturated rings. The first-order valence-corrected chi connectivity index (χ1v) is 7.35. The summed E-state index contributed by atoms with van der Waals surface area (Å²) in [5.74, 6) is 0.167. The number of nitrogen functional groups attached to an aromatic ring is 1. The van der Waals surface area contributed by atoms with Crippen molar-refractivity contribution < 1.29 is 4.79 Å². The van der Waals surface area contributed by atoms with Crippen molar-refractivity contribution in [1.82, 2.24) is 4.90 Å². The zero-order valence-electron chi connectivity index (χ0n) is 12.5. The van der Waals surface area contributed by atoms with Gasteiger partial charge in [-0.15, -0.1) is 0 Å². The van der Waals surface area contributed by atoms with Crippen molar-refractivity contribution in [1.29, 1.82) is 0 Å². The normalized spacial score (nSPS) is 10.3. The van der Waals surface area contributed by atoms with Gasteiger partial charge in [0.25, 0.3) is 0 Å². The lowest BCUT2D eigenvalue weighted by Gasteiger charge is -2.22. The highest BCUT2D eigenvalue weighted by Gasteiger charge is 2.13. The zero-order valence-corrected chi connectivity index (χ0v) is 12.5. The molecule has 2 aromatic carbocycles. The Morgan fingerprint density at radius 2 is 1.67 bits per heavy atom. The van der Waals surface area contributed by atoms with Crippen molar-refractivity contribution in [3.05, 3.63) is 65.7 Å². The maximum Gasteiger partial charge on any atom is 0.227 e. The quantitative estimate of drug-likeness (QED) is 0.827. The van der Waals surface area contributed by atoms with E-state index in [0.29, 0.717) is 13.0 Å². The van der Waals surface area contributed by atoms with Crippen LogP contribution in [0.5, 0.6) is 0 Å². The number of rotatable bonds is 6. The van der Waals surface area contributed by atoms with E-state index in [9.17, 15) is 4.79 Å². The van der Waals surface area contributed by atoms with Crippen molar-refractivity contribution in [2.24, 2.45) is 0 Å². The molecule has 2 rings (SSSR count). The Kier molecular flexibility index (Phi) is 5.38. The smallest absolute Gasteiger partial charge is 0.227 e. The summed E-state index contributed by atoms with van der Waals surface area (Å²) in [7, 11) is 0. The van der Waals surface area contributed by atoms with Crippen LogP contribution < -0.4 is 5.73 Å². The molecule has 110 valence electrons. The van der Waals surface area contributed by atoms with Crippen LogP contribution in [0.2, 0.25) is 0 Å². The number of hydrogen-bond donors (Lipinski definition) is 1. The Bertz CT molecular complexity index is 564. The highest BCUT2D eigenvalue weighted by atomic mass is 16.2. The van der Waals surface area contributed by atoms with Gasteiger partial charge in [0, 0.05) is 18.8 Å². The fraction of sp³-hybridized carbons (Fsp3) is 0.278. The molecule has 0 saturated heterocycles. The van der Waals surface area contributed by atoms with E-state index in [2.05, 4.69) is 6.92 Å². The minimum absolute atomic E-state index is 0.167. The minimum Gasteiger partial charge on any atom is -0.399 e. The summed E-state index contributed by atoms with van der Waals surface area (Å²) in [6.07, 6.45) is 1.41. The lowest BCUT2D eigenvalue weighted by Crippen LogP contribution is -2.32. The maximum atomic E-state index is 12.5. The monoisotopic (exact) mass is 282 g/mol. The van der Waals surface area contributed by atoms with Crippen molar-refractivity contribution in [3.8, 4) is 0 Å². The zero-order chi connectivity index (χ0) is 15.1. The highest BCUT2D eigenvalue weighted by Crippen LogP contribution is 2.11. The standard InChI is InChI=1S/C18H22N2O/c1-2-12-20(14-16-8-10-17(19)11-9-16)18(21)13-15-6-4-3-5-7-15/h3-11H,2,12-14,19H2,1H3. The molecule has 2 N–H and O–H groups in total. The lowest BCUT2D eigenvalue weighted by atomic mass is 10.1. The van der Waals surface area contributed by atoms with Crippen LogP contribution in [0.1, 0.15) is 24.5 Å². The first-order valence-electron chi connectivity index (χ1n) is 7.35. The van der Waals surface area contributed by atoms with Gasteiger partial charge in [-0.3, -0.25) is 4.79 Å². The summed E-state index contributed by atoms with van der Waals surface area (Å²) < 4.78 is 0. The molecule has 0 atom stereocenters. The van der Waals surface area contributed by atoms with Crippen molar-refractivity contribution in [2.45, 2.75) is 26.3 Å². The number of carbonyl (C=O) groups is 1. The molecule has 0 aromatic heterocycles. The number of nitrogens with zero attached hydrogens (tertiary/aromatic N) is 1. The fourth-order valence-corrected chi connectivity index (χ4v) is 2.29. The number of anilines is 1. The maximum absolute atomic E-state index is 12.5. The molecular weight excluding hydrogens is 260 g/mol. The summed E-state index contributed by atoms with van der Waals surface area (Å²) in [4.78, 5) is 14.4. The van der Waals surface area contributed by atoms with Crippen molar-refractivity contribution >= 4 is 11.6 Å². The molecule has 0 saturated carbocycles. The van der Waals surface area contributed by atoms with Gasteiger partial charge in [0.15, 0.2) is 0 Å². The molecule has 21 heavy (non-hydrogen) atoms. The Morgan fingerprint density at radius 1 is 1.00 bits per heavy atom. The van der Waals surface area contributed by atoms with Crippen LogP contribution in [0.4, 0.5) is 5.69 Å². The molecule has 0 aliphatic carbocycles. The third-order valence-corrected chi connectivity index (χ3v) is 3.40. The van der Waals surface area contributed by atoms with Crippen LogP contribution in [0.25, 0.3) is 0 Å².